The van der Waals surface area contributed by atoms with Crippen molar-refractivity contribution >= 4 is 11.8 Å². The predicted octanol–water partition coefficient (Wildman–Crippen LogP) is 2.09. The average molecular weight is 411 g/mol. The molecule has 11 nitrogen and oxygen atoms in total. The Bertz CT molecular complexity index is 811. The predicted molar refractivity (Wildman–Crippen MR) is 99.6 cm³/mol. The zero-order chi connectivity index (χ0) is 21.4. The van der Waals surface area contributed by atoms with E-state index in [0.29, 0.717) is 6.61 Å². The van der Waals surface area contributed by atoms with Crippen molar-refractivity contribution in [1.29, 1.82) is 0 Å². The zero-order valence-electron chi connectivity index (χ0n) is 17.2. The standard InChI is InChI=1S/C18H25N3O8/c1-17(2)26-9-12-14(29-18(3,4)28-12)11(27-17)8-7-10-13(21(22)23)15(24-5)20-16(19-10)25-6/h7-8,11-12,14H,9H2,1-6H3/b8-7+/t11-,12+,14-/m0/s1. The highest BCUT2D eigenvalue weighted by Crippen LogP contribution is 2.37. The molecule has 2 aliphatic heterocycles. The van der Waals surface area contributed by atoms with Crippen LogP contribution < -0.4 is 9.47 Å². The van der Waals surface area contributed by atoms with Gasteiger partial charge in [0.25, 0.3) is 0 Å². The molecular weight excluding hydrogens is 386 g/mol. The molecule has 0 aliphatic carbocycles. The minimum absolute atomic E-state index is 0.0139. The molecule has 3 heterocycles. The molecule has 0 aromatic carbocycles. The lowest BCUT2D eigenvalue weighted by molar-refractivity contribution is -0.386. The van der Waals surface area contributed by atoms with E-state index in [1.165, 1.54) is 20.3 Å². The Morgan fingerprint density at radius 2 is 1.83 bits per heavy atom. The van der Waals surface area contributed by atoms with Crippen molar-refractivity contribution in [1.82, 2.24) is 9.97 Å². The van der Waals surface area contributed by atoms with Crippen LogP contribution in [0, 0.1) is 10.1 Å². The number of nitro groups is 1. The van der Waals surface area contributed by atoms with E-state index >= 15 is 0 Å². The number of fused-ring (bicyclic) bond motifs is 1. The van der Waals surface area contributed by atoms with Gasteiger partial charge in [-0.25, -0.2) is 0 Å². The Kier molecular flexibility index (Phi) is 5.77. The third kappa shape index (κ3) is 4.64. The lowest BCUT2D eigenvalue weighted by Crippen LogP contribution is -2.38. The second-order valence-corrected chi connectivity index (χ2v) is 7.50. The highest BCUT2D eigenvalue weighted by molar-refractivity contribution is 5.62. The summed E-state index contributed by atoms with van der Waals surface area (Å²) in [7, 11) is 2.64. The number of aromatic nitrogens is 2. The van der Waals surface area contributed by atoms with Crippen molar-refractivity contribution in [3.63, 3.8) is 0 Å². The van der Waals surface area contributed by atoms with Gasteiger partial charge in [-0.05, 0) is 33.8 Å². The molecule has 3 atom stereocenters. The van der Waals surface area contributed by atoms with Gasteiger partial charge in [-0.2, -0.15) is 9.97 Å². The summed E-state index contributed by atoms with van der Waals surface area (Å²) in [5, 5.41) is 11.6. The molecule has 0 spiro atoms. The van der Waals surface area contributed by atoms with Crippen LogP contribution in [-0.4, -0.2) is 65.6 Å². The number of rotatable bonds is 5. The van der Waals surface area contributed by atoms with Crippen molar-refractivity contribution in [2.45, 2.75) is 57.6 Å². The van der Waals surface area contributed by atoms with Crippen molar-refractivity contribution in [3.8, 4) is 11.9 Å². The van der Waals surface area contributed by atoms with Crippen LogP contribution in [0.15, 0.2) is 6.08 Å². The van der Waals surface area contributed by atoms with Crippen LogP contribution in [0.1, 0.15) is 33.4 Å². The molecule has 160 valence electrons. The summed E-state index contributed by atoms with van der Waals surface area (Å²) in [6.45, 7) is 7.45. The monoisotopic (exact) mass is 411 g/mol. The van der Waals surface area contributed by atoms with E-state index in [1.54, 1.807) is 33.8 Å². The lowest BCUT2D eigenvalue weighted by atomic mass is 10.1. The average Bonchev–Trinajstić information content (AvgIpc) is 2.91. The van der Waals surface area contributed by atoms with Gasteiger partial charge in [0, 0.05) is 0 Å². The van der Waals surface area contributed by atoms with Crippen LogP contribution in [0.4, 0.5) is 5.69 Å². The SMILES string of the molecule is COc1nc(/C=C/[C@@H]2OC(C)(C)OC[C@H]3OC(C)(C)O[C@@H]23)c([N+](=O)[O-])c(OC)n1. The Balaban J connectivity index is 1.99. The minimum Gasteiger partial charge on any atom is -0.476 e. The highest BCUT2D eigenvalue weighted by atomic mass is 16.8. The quantitative estimate of drug-likeness (QED) is 0.525. The van der Waals surface area contributed by atoms with Gasteiger partial charge >= 0.3 is 17.6 Å². The van der Waals surface area contributed by atoms with Crippen LogP contribution in [0.3, 0.4) is 0 Å². The first kappa shape index (κ1) is 21.4. The van der Waals surface area contributed by atoms with E-state index in [1.807, 2.05) is 0 Å². The highest BCUT2D eigenvalue weighted by Gasteiger charge is 2.49. The first-order valence-corrected chi connectivity index (χ1v) is 9.05. The maximum absolute atomic E-state index is 11.6. The fraction of sp³-hybridized carbons (Fsp3) is 0.667. The normalized spacial score (nSPS) is 28.0. The van der Waals surface area contributed by atoms with Gasteiger partial charge in [-0.1, -0.05) is 6.08 Å². The smallest absolute Gasteiger partial charge is 0.356 e. The van der Waals surface area contributed by atoms with Gasteiger partial charge in [0.2, 0.25) is 0 Å². The fourth-order valence-electron chi connectivity index (χ4n) is 3.27. The minimum atomic E-state index is -0.900. The van der Waals surface area contributed by atoms with E-state index < -0.39 is 28.7 Å². The summed E-state index contributed by atoms with van der Waals surface area (Å²) in [6, 6.07) is -0.0583. The number of ether oxygens (including phenoxy) is 6. The summed E-state index contributed by atoms with van der Waals surface area (Å²) in [6.07, 6.45) is 1.67. The number of nitrogens with zero attached hydrogens (tertiary/aromatic N) is 3. The third-order valence-corrected chi connectivity index (χ3v) is 4.42. The number of hydrogen-bond donors (Lipinski definition) is 0. The molecule has 0 saturated carbocycles. The van der Waals surface area contributed by atoms with Gasteiger partial charge in [0.15, 0.2) is 17.3 Å². The van der Waals surface area contributed by atoms with Gasteiger partial charge in [-0.3, -0.25) is 10.1 Å². The first-order chi connectivity index (χ1) is 13.5. The molecule has 2 saturated heterocycles. The van der Waals surface area contributed by atoms with Gasteiger partial charge in [-0.15, -0.1) is 0 Å². The van der Waals surface area contributed by atoms with E-state index in [0.717, 1.165) is 0 Å². The number of methoxy groups -OCH3 is 2. The van der Waals surface area contributed by atoms with E-state index in [9.17, 15) is 10.1 Å². The molecule has 3 rings (SSSR count). The number of hydrogen-bond acceptors (Lipinski definition) is 10. The Morgan fingerprint density at radius 1 is 1.10 bits per heavy atom. The molecular formula is C18H25N3O8. The molecule has 2 fully saturated rings. The van der Waals surface area contributed by atoms with Gasteiger partial charge in [0.1, 0.15) is 18.3 Å². The summed E-state index contributed by atoms with van der Waals surface area (Å²) in [5.74, 6) is -1.90. The molecule has 0 unspecified atom stereocenters. The van der Waals surface area contributed by atoms with E-state index in [2.05, 4.69) is 9.97 Å². The third-order valence-electron chi connectivity index (χ3n) is 4.42. The van der Waals surface area contributed by atoms with Gasteiger partial charge in [0.05, 0.1) is 25.7 Å². The molecule has 0 amide bonds. The van der Waals surface area contributed by atoms with Crippen molar-refractivity contribution in [2.75, 3.05) is 20.8 Å². The second-order valence-electron chi connectivity index (χ2n) is 7.50. The van der Waals surface area contributed by atoms with Crippen LogP contribution in [0.2, 0.25) is 0 Å². The topological polar surface area (TPSA) is 124 Å². The largest absolute Gasteiger partial charge is 0.476 e. The maximum atomic E-state index is 11.6. The van der Waals surface area contributed by atoms with Crippen LogP contribution >= 0.6 is 0 Å². The summed E-state index contributed by atoms with van der Waals surface area (Å²) in [4.78, 5) is 18.9. The second kappa shape index (κ2) is 7.82. The fourth-order valence-corrected chi connectivity index (χ4v) is 3.27. The molecule has 1 aromatic heterocycles. The first-order valence-electron chi connectivity index (χ1n) is 9.05. The molecule has 0 bridgehead atoms. The van der Waals surface area contributed by atoms with E-state index in [-0.39, 0.29) is 29.4 Å². The van der Waals surface area contributed by atoms with Gasteiger partial charge < -0.3 is 28.4 Å². The molecule has 0 radical (unpaired) electrons. The van der Waals surface area contributed by atoms with Crippen LogP contribution in [-0.2, 0) is 18.9 Å². The molecule has 1 aromatic rings. The van der Waals surface area contributed by atoms with Crippen LogP contribution in [0.25, 0.3) is 6.08 Å². The molecule has 0 N–H and O–H groups in total. The summed E-state index contributed by atoms with van der Waals surface area (Å²) in [5.41, 5.74) is -0.367. The summed E-state index contributed by atoms with van der Waals surface area (Å²) >= 11 is 0. The molecule has 29 heavy (non-hydrogen) atoms. The zero-order valence-corrected chi connectivity index (χ0v) is 17.2. The Labute approximate surface area is 168 Å². The van der Waals surface area contributed by atoms with Crippen molar-refractivity contribution in [3.05, 3.63) is 21.9 Å². The van der Waals surface area contributed by atoms with Crippen molar-refractivity contribution in [2.24, 2.45) is 0 Å². The maximum Gasteiger partial charge on any atom is 0.356 e. The Morgan fingerprint density at radius 3 is 2.45 bits per heavy atom. The molecule has 11 heteroatoms. The van der Waals surface area contributed by atoms with Crippen molar-refractivity contribution < 1.29 is 33.3 Å². The Hall–Kier alpha value is -2.34. The van der Waals surface area contributed by atoms with E-state index in [4.69, 9.17) is 28.4 Å². The lowest BCUT2D eigenvalue weighted by Gasteiger charge is -2.29. The molecule has 2 aliphatic rings. The summed E-state index contributed by atoms with van der Waals surface area (Å²) < 4.78 is 33.8. The van der Waals surface area contributed by atoms with Crippen LogP contribution in [0.5, 0.6) is 11.9 Å².